The fourth-order valence-corrected chi connectivity index (χ4v) is 2.69. The number of hydrogen-bond acceptors (Lipinski definition) is 6. The molecule has 0 aromatic carbocycles. The van der Waals surface area contributed by atoms with Gasteiger partial charge in [0.15, 0.2) is 0 Å². The summed E-state index contributed by atoms with van der Waals surface area (Å²) in [4.78, 5) is 49.3. The lowest BCUT2D eigenvalue weighted by atomic mass is 10.0. The molecule has 30 heavy (non-hydrogen) atoms. The molecule has 5 N–H and O–H groups in total. The van der Waals surface area contributed by atoms with Crippen LogP contribution in [0.5, 0.6) is 0 Å². The van der Waals surface area contributed by atoms with Crippen molar-refractivity contribution in [2.24, 2.45) is 11.7 Å². The van der Waals surface area contributed by atoms with Crippen LogP contribution in [0, 0.1) is 5.92 Å². The van der Waals surface area contributed by atoms with Gasteiger partial charge in [0.05, 0.1) is 5.33 Å². The number of carbonyl (C=O) groups excluding carboxylic acids is 4. The fraction of sp³-hybridized carbons (Fsp3) is 0.800. The van der Waals surface area contributed by atoms with E-state index < -0.39 is 41.5 Å². The summed E-state index contributed by atoms with van der Waals surface area (Å²) < 4.78 is 5.39. The van der Waals surface area contributed by atoms with E-state index in [1.165, 1.54) is 6.92 Å². The van der Waals surface area contributed by atoms with Crippen LogP contribution in [0.1, 0.15) is 60.8 Å². The van der Waals surface area contributed by atoms with Crippen molar-refractivity contribution in [3.8, 4) is 0 Å². The number of ether oxygens (including phenoxy) is 1. The van der Waals surface area contributed by atoms with Gasteiger partial charge in [0.2, 0.25) is 17.7 Å². The number of hydrogen-bond donors (Lipinski definition) is 4. The number of nitrogens with one attached hydrogen (secondary N) is 3. The van der Waals surface area contributed by atoms with E-state index in [0.717, 1.165) is 0 Å². The molecule has 9 nitrogen and oxygen atoms in total. The summed E-state index contributed by atoms with van der Waals surface area (Å²) in [6, 6.07) is -2.52. The van der Waals surface area contributed by atoms with E-state index in [9.17, 15) is 19.2 Å². The molecule has 0 spiro atoms. The van der Waals surface area contributed by atoms with Crippen LogP contribution >= 0.6 is 15.9 Å². The van der Waals surface area contributed by atoms with Crippen LogP contribution in [0.15, 0.2) is 0 Å². The Kier molecular flexibility index (Phi) is 12.8. The van der Waals surface area contributed by atoms with Crippen LogP contribution in [0.2, 0.25) is 0 Å². The zero-order chi connectivity index (χ0) is 23.5. The first-order valence-electron chi connectivity index (χ1n) is 10.2. The Bertz CT molecular complexity index is 592. The Labute approximate surface area is 187 Å². The Hall–Kier alpha value is -1.68. The van der Waals surface area contributed by atoms with Gasteiger partial charge in [-0.3, -0.25) is 14.4 Å². The van der Waals surface area contributed by atoms with Gasteiger partial charge in [-0.2, -0.15) is 0 Å². The Balaban J connectivity index is 5.08. The van der Waals surface area contributed by atoms with Crippen molar-refractivity contribution in [3.63, 3.8) is 0 Å². The van der Waals surface area contributed by atoms with E-state index in [4.69, 9.17) is 10.5 Å². The average molecular weight is 493 g/mol. The van der Waals surface area contributed by atoms with Gasteiger partial charge in [-0.05, 0) is 59.4 Å². The maximum atomic E-state index is 12.6. The second-order valence-corrected chi connectivity index (χ2v) is 9.09. The van der Waals surface area contributed by atoms with Gasteiger partial charge < -0.3 is 26.4 Å². The van der Waals surface area contributed by atoms with Crippen LogP contribution in [0.4, 0.5) is 0 Å². The Morgan fingerprint density at radius 3 is 2.03 bits per heavy atom. The van der Waals surface area contributed by atoms with E-state index in [-0.39, 0.29) is 17.2 Å². The molecule has 174 valence electrons. The van der Waals surface area contributed by atoms with Gasteiger partial charge in [-0.25, -0.2) is 4.79 Å². The van der Waals surface area contributed by atoms with Crippen molar-refractivity contribution < 1.29 is 23.9 Å². The van der Waals surface area contributed by atoms with E-state index in [2.05, 4.69) is 31.9 Å². The number of carbonyl (C=O) groups is 4. The van der Waals surface area contributed by atoms with E-state index in [1.807, 2.05) is 0 Å². The molecule has 0 heterocycles. The van der Waals surface area contributed by atoms with Gasteiger partial charge in [-0.15, -0.1) is 0 Å². The third-order valence-corrected chi connectivity index (χ3v) is 4.60. The summed E-state index contributed by atoms with van der Waals surface area (Å²) in [7, 11) is 0. The standard InChI is InChI=1S/C20H37BrN4O5/c1-12(2)16(25-15(26)11-21)18(28)23-13(3)17(27)24-14(9-7-8-10-22)19(29)30-20(4,5)6/h12-14,16H,7-11,22H2,1-6H3,(H,23,28)(H,24,27)(H,25,26)/t13?,14?,16-/m0/s1. The predicted molar refractivity (Wildman–Crippen MR) is 119 cm³/mol. The smallest absolute Gasteiger partial charge is 0.329 e. The molecule has 3 atom stereocenters. The average Bonchev–Trinajstić information content (AvgIpc) is 2.62. The highest BCUT2D eigenvalue weighted by Crippen LogP contribution is 2.12. The van der Waals surface area contributed by atoms with E-state index in [0.29, 0.717) is 25.8 Å². The highest BCUT2D eigenvalue weighted by atomic mass is 79.9. The summed E-state index contributed by atoms with van der Waals surface area (Å²) >= 11 is 3.04. The summed E-state index contributed by atoms with van der Waals surface area (Å²) in [5, 5.41) is 7.94. The minimum Gasteiger partial charge on any atom is -0.458 e. The first-order valence-corrected chi connectivity index (χ1v) is 11.3. The van der Waals surface area contributed by atoms with Crippen LogP contribution in [-0.4, -0.2) is 59.3 Å². The number of esters is 1. The third-order valence-electron chi connectivity index (χ3n) is 4.09. The van der Waals surface area contributed by atoms with Gasteiger partial charge in [0, 0.05) is 0 Å². The lowest BCUT2D eigenvalue weighted by Crippen LogP contribution is -2.56. The van der Waals surface area contributed by atoms with Gasteiger partial charge in [0.25, 0.3) is 0 Å². The second-order valence-electron chi connectivity index (χ2n) is 8.53. The monoisotopic (exact) mass is 492 g/mol. The molecule has 0 aromatic rings. The number of halogens is 1. The molecule has 3 amide bonds. The molecule has 10 heteroatoms. The van der Waals surface area contributed by atoms with Crippen molar-refractivity contribution in [1.82, 2.24) is 16.0 Å². The number of unbranched alkanes of at least 4 members (excludes halogenated alkanes) is 1. The minimum atomic E-state index is -0.904. The molecule has 0 aliphatic carbocycles. The lowest BCUT2D eigenvalue weighted by Gasteiger charge is -2.26. The zero-order valence-electron chi connectivity index (χ0n) is 18.8. The van der Waals surface area contributed by atoms with Crippen LogP contribution in [-0.2, 0) is 23.9 Å². The van der Waals surface area contributed by atoms with Crippen LogP contribution in [0.3, 0.4) is 0 Å². The predicted octanol–water partition coefficient (Wildman–Crippen LogP) is 0.982. The topological polar surface area (TPSA) is 140 Å². The highest BCUT2D eigenvalue weighted by molar-refractivity contribution is 9.09. The molecular weight excluding hydrogens is 456 g/mol. The minimum absolute atomic E-state index is 0.0694. The van der Waals surface area contributed by atoms with Crippen molar-refractivity contribution in [2.45, 2.75) is 84.5 Å². The Morgan fingerprint density at radius 1 is 0.967 bits per heavy atom. The molecule has 0 saturated carbocycles. The molecule has 0 bridgehead atoms. The van der Waals surface area contributed by atoms with Crippen LogP contribution in [0.25, 0.3) is 0 Å². The Morgan fingerprint density at radius 2 is 1.57 bits per heavy atom. The second kappa shape index (κ2) is 13.6. The number of nitrogens with two attached hydrogens (primary N) is 1. The van der Waals surface area contributed by atoms with Gasteiger partial charge in [0.1, 0.15) is 23.7 Å². The van der Waals surface area contributed by atoms with E-state index >= 15 is 0 Å². The van der Waals surface area contributed by atoms with E-state index in [1.54, 1.807) is 34.6 Å². The largest absolute Gasteiger partial charge is 0.458 e. The molecule has 0 radical (unpaired) electrons. The van der Waals surface area contributed by atoms with Crippen LogP contribution < -0.4 is 21.7 Å². The normalized spacial score (nSPS) is 14.4. The van der Waals surface area contributed by atoms with Crippen molar-refractivity contribution in [2.75, 3.05) is 11.9 Å². The van der Waals surface area contributed by atoms with Crippen molar-refractivity contribution in [1.29, 1.82) is 0 Å². The fourth-order valence-electron chi connectivity index (χ4n) is 2.53. The molecule has 2 unspecified atom stereocenters. The molecule has 0 aromatic heterocycles. The zero-order valence-corrected chi connectivity index (χ0v) is 20.4. The summed E-state index contributed by atoms with van der Waals surface area (Å²) in [5.41, 5.74) is 4.82. The lowest BCUT2D eigenvalue weighted by molar-refractivity contribution is -0.159. The first-order chi connectivity index (χ1) is 13.8. The maximum absolute atomic E-state index is 12.6. The summed E-state index contributed by atoms with van der Waals surface area (Å²) in [6.07, 6.45) is 1.74. The molecule has 0 aliphatic rings. The third kappa shape index (κ3) is 11.5. The van der Waals surface area contributed by atoms with Crippen molar-refractivity contribution >= 4 is 39.6 Å². The van der Waals surface area contributed by atoms with Gasteiger partial charge in [-0.1, -0.05) is 29.8 Å². The molecule has 0 saturated heterocycles. The highest BCUT2D eigenvalue weighted by Gasteiger charge is 2.30. The first kappa shape index (κ1) is 28.3. The molecule has 0 fully saturated rings. The van der Waals surface area contributed by atoms with Gasteiger partial charge >= 0.3 is 5.97 Å². The maximum Gasteiger partial charge on any atom is 0.329 e. The van der Waals surface area contributed by atoms with Crippen molar-refractivity contribution in [3.05, 3.63) is 0 Å². The summed E-state index contributed by atoms with van der Waals surface area (Å²) in [6.45, 7) is 10.8. The number of amides is 3. The number of rotatable bonds is 12. The molecule has 0 rings (SSSR count). The summed E-state index contributed by atoms with van der Waals surface area (Å²) in [5.74, 6) is -2.02. The SMILES string of the molecule is CC(NC(=O)[C@@H](NC(=O)CBr)C(C)C)C(=O)NC(CCCCN)C(=O)OC(C)(C)C. The molecular formula is C20H37BrN4O5. The number of alkyl halides is 1. The molecule has 0 aliphatic heterocycles. The quantitative estimate of drug-likeness (QED) is 0.182.